The third-order valence-electron chi connectivity index (χ3n) is 1.85. The first-order valence-electron chi connectivity index (χ1n) is 4.55. The summed E-state index contributed by atoms with van der Waals surface area (Å²) in [7, 11) is 0. The molecular weight excluding hydrogens is 168 g/mol. The van der Waals surface area contributed by atoms with Gasteiger partial charge in [-0.15, -0.1) is 0 Å². The van der Waals surface area contributed by atoms with Gasteiger partial charge in [0, 0.05) is 6.42 Å². The van der Waals surface area contributed by atoms with Crippen molar-refractivity contribution in [3.05, 3.63) is 0 Å². The quantitative estimate of drug-likeness (QED) is 0.596. The van der Waals surface area contributed by atoms with Crippen LogP contribution in [0, 0.1) is 5.41 Å². The molecule has 0 rings (SSSR count). The van der Waals surface area contributed by atoms with Crippen molar-refractivity contribution in [3.63, 3.8) is 0 Å². The molecule has 0 unspecified atom stereocenters. The van der Waals surface area contributed by atoms with Crippen molar-refractivity contribution in [2.45, 2.75) is 40.5 Å². The Hall–Kier alpha value is 0.0200. The maximum Gasteiger partial charge on any atom is 0.130 e. The first-order chi connectivity index (χ1) is 5.48. The minimum absolute atomic E-state index is 0.202. The average molecular weight is 188 g/mol. The second kappa shape index (κ2) is 5.63. The van der Waals surface area contributed by atoms with Crippen LogP contribution in [0.15, 0.2) is 0 Å². The lowest BCUT2D eigenvalue weighted by Gasteiger charge is -2.22. The van der Waals surface area contributed by atoms with Crippen molar-refractivity contribution >= 4 is 17.5 Å². The molecule has 0 aliphatic heterocycles. The molecule has 0 amide bonds. The summed E-state index contributed by atoms with van der Waals surface area (Å²) < 4.78 is 0. The molecule has 2 heteroatoms. The lowest BCUT2D eigenvalue weighted by Crippen LogP contribution is -2.16. The van der Waals surface area contributed by atoms with E-state index in [0.29, 0.717) is 5.78 Å². The highest BCUT2D eigenvalue weighted by molar-refractivity contribution is 7.99. The minimum Gasteiger partial charge on any atom is -0.300 e. The Kier molecular flexibility index (Phi) is 5.64. The fourth-order valence-corrected chi connectivity index (χ4v) is 2.24. The van der Waals surface area contributed by atoms with Gasteiger partial charge >= 0.3 is 0 Å². The molecule has 0 aliphatic rings. The van der Waals surface area contributed by atoms with Crippen LogP contribution in [0.1, 0.15) is 40.5 Å². The maximum atomic E-state index is 10.9. The summed E-state index contributed by atoms with van der Waals surface area (Å²) >= 11 is 1.95. The Bertz CT molecular complexity index is 141. The zero-order chi connectivity index (χ0) is 9.61. The van der Waals surface area contributed by atoms with Gasteiger partial charge in [0.15, 0.2) is 0 Å². The van der Waals surface area contributed by atoms with E-state index in [2.05, 4.69) is 20.8 Å². The molecule has 0 aromatic rings. The fraction of sp³-hybridized carbons (Fsp3) is 0.900. The zero-order valence-corrected chi connectivity index (χ0v) is 9.46. The molecular formula is C10H20OS. The molecule has 0 aromatic carbocycles. The second-order valence-electron chi connectivity index (χ2n) is 3.99. The molecule has 0 aromatic heterocycles. The van der Waals surface area contributed by atoms with E-state index in [4.69, 9.17) is 0 Å². The Morgan fingerprint density at radius 1 is 1.42 bits per heavy atom. The van der Waals surface area contributed by atoms with Crippen LogP contribution in [0.3, 0.4) is 0 Å². The van der Waals surface area contributed by atoms with Gasteiger partial charge in [-0.1, -0.05) is 20.8 Å². The smallest absolute Gasteiger partial charge is 0.130 e. The number of hydrogen-bond donors (Lipinski definition) is 0. The first kappa shape index (κ1) is 12.0. The topological polar surface area (TPSA) is 17.1 Å². The SMILES string of the molecule is CCSCCC(C)(C)CC(C)=O. The number of Topliss-reactive ketones (excluding diaryl/α,β-unsaturated/α-hetero) is 1. The molecule has 0 N–H and O–H groups in total. The third-order valence-corrected chi connectivity index (χ3v) is 2.76. The Morgan fingerprint density at radius 3 is 2.42 bits per heavy atom. The molecule has 0 atom stereocenters. The summed E-state index contributed by atoms with van der Waals surface area (Å²) in [4.78, 5) is 10.9. The van der Waals surface area contributed by atoms with E-state index >= 15 is 0 Å². The molecule has 0 fully saturated rings. The van der Waals surface area contributed by atoms with E-state index in [1.54, 1.807) is 6.92 Å². The normalized spacial score (nSPS) is 11.7. The van der Waals surface area contributed by atoms with Crippen LogP contribution in [0.4, 0.5) is 0 Å². The van der Waals surface area contributed by atoms with Crippen molar-refractivity contribution in [1.29, 1.82) is 0 Å². The number of thioether (sulfide) groups is 1. The average Bonchev–Trinajstić information content (AvgIpc) is 1.84. The Labute approximate surface area is 80.3 Å². The number of rotatable bonds is 6. The van der Waals surface area contributed by atoms with Crippen LogP contribution in [0.2, 0.25) is 0 Å². The number of hydrogen-bond acceptors (Lipinski definition) is 2. The van der Waals surface area contributed by atoms with Crippen LogP contribution >= 0.6 is 11.8 Å². The predicted molar refractivity (Wildman–Crippen MR) is 56.7 cm³/mol. The highest BCUT2D eigenvalue weighted by Gasteiger charge is 2.19. The number of ketones is 1. The lowest BCUT2D eigenvalue weighted by molar-refractivity contribution is -0.118. The van der Waals surface area contributed by atoms with Gasteiger partial charge in [-0.25, -0.2) is 0 Å². The summed E-state index contributed by atoms with van der Waals surface area (Å²) in [6.45, 7) is 8.19. The van der Waals surface area contributed by atoms with Crippen LogP contribution in [0.5, 0.6) is 0 Å². The summed E-state index contributed by atoms with van der Waals surface area (Å²) in [5.74, 6) is 2.66. The van der Waals surface area contributed by atoms with E-state index < -0.39 is 0 Å². The molecule has 0 saturated heterocycles. The summed E-state index contributed by atoms with van der Waals surface area (Å²) in [5, 5.41) is 0. The van der Waals surface area contributed by atoms with Gasteiger partial charge in [-0.2, -0.15) is 11.8 Å². The Balaban J connectivity index is 3.63. The highest BCUT2D eigenvalue weighted by Crippen LogP contribution is 2.26. The van der Waals surface area contributed by atoms with E-state index in [-0.39, 0.29) is 5.41 Å². The van der Waals surface area contributed by atoms with Gasteiger partial charge < -0.3 is 4.79 Å². The van der Waals surface area contributed by atoms with Crippen LogP contribution in [0.25, 0.3) is 0 Å². The number of carbonyl (C=O) groups is 1. The Morgan fingerprint density at radius 2 is 2.00 bits per heavy atom. The van der Waals surface area contributed by atoms with Crippen molar-refractivity contribution in [2.24, 2.45) is 5.41 Å². The van der Waals surface area contributed by atoms with E-state index in [1.165, 1.54) is 11.5 Å². The molecule has 0 bridgehead atoms. The van der Waals surface area contributed by atoms with Gasteiger partial charge in [-0.05, 0) is 30.3 Å². The fourth-order valence-electron chi connectivity index (χ4n) is 1.26. The molecule has 0 heterocycles. The highest BCUT2D eigenvalue weighted by atomic mass is 32.2. The van der Waals surface area contributed by atoms with Crippen molar-refractivity contribution in [2.75, 3.05) is 11.5 Å². The molecule has 0 aliphatic carbocycles. The molecule has 0 saturated carbocycles. The van der Waals surface area contributed by atoms with Crippen molar-refractivity contribution in [1.82, 2.24) is 0 Å². The predicted octanol–water partition coefficient (Wildman–Crippen LogP) is 3.13. The maximum absolute atomic E-state index is 10.9. The van der Waals surface area contributed by atoms with Gasteiger partial charge in [0.1, 0.15) is 5.78 Å². The third kappa shape index (κ3) is 6.71. The van der Waals surface area contributed by atoms with Gasteiger partial charge in [0.2, 0.25) is 0 Å². The monoisotopic (exact) mass is 188 g/mol. The van der Waals surface area contributed by atoms with Gasteiger partial charge in [-0.3, -0.25) is 0 Å². The van der Waals surface area contributed by atoms with E-state index in [1.807, 2.05) is 11.8 Å². The van der Waals surface area contributed by atoms with Crippen LogP contribution < -0.4 is 0 Å². The van der Waals surface area contributed by atoms with Crippen molar-refractivity contribution in [3.8, 4) is 0 Å². The van der Waals surface area contributed by atoms with Gasteiger partial charge in [0.05, 0.1) is 0 Å². The molecule has 0 radical (unpaired) electrons. The molecule has 1 nitrogen and oxygen atoms in total. The zero-order valence-electron chi connectivity index (χ0n) is 8.64. The second-order valence-corrected chi connectivity index (χ2v) is 5.38. The summed E-state index contributed by atoms with van der Waals surface area (Å²) in [5.41, 5.74) is 0.202. The summed E-state index contributed by atoms with van der Waals surface area (Å²) in [6.07, 6.45) is 1.86. The minimum atomic E-state index is 0.202. The number of carbonyl (C=O) groups excluding carboxylic acids is 1. The first-order valence-corrected chi connectivity index (χ1v) is 5.70. The lowest BCUT2D eigenvalue weighted by atomic mass is 9.85. The standard InChI is InChI=1S/C10H20OS/c1-5-12-7-6-10(3,4)8-9(2)11/h5-8H2,1-4H3. The van der Waals surface area contributed by atoms with E-state index in [9.17, 15) is 4.79 Å². The van der Waals surface area contributed by atoms with Gasteiger partial charge in [0.25, 0.3) is 0 Å². The molecule has 0 spiro atoms. The largest absolute Gasteiger partial charge is 0.300 e. The molecule has 72 valence electrons. The van der Waals surface area contributed by atoms with E-state index in [0.717, 1.165) is 12.8 Å². The van der Waals surface area contributed by atoms with Crippen LogP contribution in [-0.4, -0.2) is 17.3 Å². The molecule has 12 heavy (non-hydrogen) atoms. The van der Waals surface area contributed by atoms with Crippen LogP contribution in [-0.2, 0) is 4.79 Å². The van der Waals surface area contributed by atoms with Crippen molar-refractivity contribution < 1.29 is 4.79 Å². The summed E-state index contributed by atoms with van der Waals surface area (Å²) in [6, 6.07) is 0.